The summed E-state index contributed by atoms with van der Waals surface area (Å²) in [5.41, 5.74) is 4.45. The molecule has 0 saturated heterocycles. The van der Waals surface area contributed by atoms with Crippen molar-refractivity contribution in [3.05, 3.63) is 66.2 Å². The Labute approximate surface area is 141 Å². The Morgan fingerprint density at radius 3 is 2.33 bits per heavy atom. The molecule has 6 nitrogen and oxygen atoms in total. The van der Waals surface area contributed by atoms with Gasteiger partial charge in [-0.15, -0.1) is 0 Å². The fourth-order valence-electron chi connectivity index (χ4n) is 3.47. The normalized spacial score (nSPS) is 21.8. The first kappa shape index (κ1) is 13.5. The molecule has 4 aliphatic heterocycles. The zero-order valence-electron chi connectivity index (χ0n) is 13.5. The summed E-state index contributed by atoms with van der Waals surface area (Å²) in [5, 5.41) is 0. The van der Waals surface area contributed by atoms with Gasteiger partial charge in [-0.3, -0.25) is 4.99 Å². The van der Waals surface area contributed by atoms with Gasteiger partial charge in [0.05, 0.1) is 44.5 Å². The molecule has 1 aromatic heterocycles. The minimum Gasteiger partial charge on any atom is -0.357 e. The van der Waals surface area contributed by atoms with Crippen molar-refractivity contribution in [3.8, 4) is 0 Å². The zero-order valence-corrected chi connectivity index (χ0v) is 13.5. The van der Waals surface area contributed by atoms with E-state index in [0.717, 1.165) is 50.2 Å². The molecule has 6 heteroatoms. The number of aromatic nitrogens is 1. The van der Waals surface area contributed by atoms with Gasteiger partial charge in [-0.05, 0) is 30.4 Å². The topological polar surface area (TPSA) is 41.1 Å². The summed E-state index contributed by atoms with van der Waals surface area (Å²) in [6.45, 7) is 4.48. The Morgan fingerprint density at radius 1 is 0.792 bits per heavy atom. The van der Waals surface area contributed by atoms with Gasteiger partial charge in [-0.1, -0.05) is 0 Å². The molecule has 4 aliphatic rings. The van der Waals surface area contributed by atoms with Gasteiger partial charge >= 0.3 is 0 Å². The molecule has 0 spiro atoms. The minimum absolute atomic E-state index is 0.846. The lowest BCUT2D eigenvalue weighted by Gasteiger charge is -2.27. The summed E-state index contributed by atoms with van der Waals surface area (Å²) in [5.74, 6) is 0. The monoisotopic (exact) mass is 320 g/mol. The van der Waals surface area contributed by atoms with Crippen molar-refractivity contribution >= 4 is 11.8 Å². The van der Waals surface area contributed by atoms with Crippen LogP contribution in [0.4, 0.5) is 0 Å². The van der Waals surface area contributed by atoms with Gasteiger partial charge < -0.3 is 24.6 Å². The van der Waals surface area contributed by atoms with Gasteiger partial charge in [0.1, 0.15) is 0 Å². The lowest BCUT2D eigenvalue weighted by molar-refractivity contribution is 0.165. The summed E-state index contributed by atoms with van der Waals surface area (Å²) < 4.78 is 0. The minimum atomic E-state index is 0.846. The second kappa shape index (κ2) is 5.33. The van der Waals surface area contributed by atoms with Crippen molar-refractivity contribution in [2.45, 2.75) is 6.54 Å². The Bertz CT molecular complexity index is 796. The molecule has 0 aromatic carbocycles. The van der Waals surface area contributed by atoms with E-state index in [1.165, 1.54) is 5.69 Å². The van der Waals surface area contributed by atoms with Crippen molar-refractivity contribution in [2.24, 2.45) is 4.99 Å². The molecule has 0 fully saturated rings. The predicted octanol–water partition coefficient (Wildman–Crippen LogP) is 1.93. The largest absolute Gasteiger partial charge is 0.357 e. The van der Waals surface area contributed by atoms with Crippen molar-refractivity contribution < 1.29 is 0 Å². The van der Waals surface area contributed by atoms with Crippen LogP contribution in [-0.2, 0) is 6.54 Å². The molecule has 0 amide bonds. The summed E-state index contributed by atoms with van der Waals surface area (Å²) in [7, 11) is 0. The maximum atomic E-state index is 4.73. The Hall–Kier alpha value is -2.89. The average Bonchev–Trinajstić information content (AvgIpc) is 3.32. The molecule has 0 unspecified atom stereocenters. The van der Waals surface area contributed by atoms with E-state index >= 15 is 0 Å². The first-order chi connectivity index (χ1) is 11.8. The highest BCUT2D eigenvalue weighted by molar-refractivity contribution is 6.00. The Kier molecular flexibility index (Phi) is 3.01. The van der Waals surface area contributed by atoms with Crippen LogP contribution in [0.15, 0.2) is 59.8 Å². The van der Waals surface area contributed by atoms with E-state index in [2.05, 4.69) is 79.7 Å². The molecule has 5 rings (SSSR count). The molecular weight excluding hydrogens is 300 g/mol. The third-order valence-electron chi connectivity index (χ3n) is 4.60. The standard InChI is InChI=1S/C18H20N6/c1-3-17-10-21-5-7-23(12-21)14-24-8-6-22(13-24)11-18-4-2-16(20-18)9-15(1)19-17/h1-9,19H,10-14H2. The Balaban J connectivity index is 1.45. The highest BCUT2D eigenvalue weighted by Gasteiger charge is 2.19. The van der Waals surface area contributed by atoms with E-state index in [4.69, 9.17) is 4.99 Å². The van der Waals surface area contributed by atoms with Crippen LogP contribution in [-0.4, -0.2) is 56.8 Å². The first-order valence-electron chi connectivity index (χ1n) is 8.28. The zero-order chi connectivity index (χ0) is 15.9. The quantitative estimate of drug-likeness (QED) is 0.793. The second-order valence-electron chi connectivity index (χ2n) is 6.64. The molecule has 0 saturated carbocycles. The molecular formula is C18H20N6. The fraction of sp³-hybridized carbons (Fsp3) is 0.278. The van der Waals surface area contributed by atoms with E-state index in [1.807, 2.05) is 0 Å². The van der Waals surface area contributed by atoms with Gasteiger partial charge in [0.25, 0.3) is 0 Å². The summed E-state index contributed by atoms with van der Waals surface area (Å²) >= 11 is 0. The van der Waals surface area contributed by atoms with Crippen LogP contribution in [0.3, 0.4) is 0 Å². The molecule has 0 radical (unpaired) electrons. The Morgan fingerprint density at radius 2 is 1.50 bits per heavy atom. The van der Waals surface area contributed by atoms with E-state index in [1.54, 1.807) is 0 Å². The molecule has 1 aromatic rings. The molecule has 0 aliphatic carbocycles. The van der Waals surface area contributed by atoms with E-state index in [0.29, 0.717) is 0 Å². The third-order valence-corrected chi connectivity index (χ3v) is 4.60. The first-order valence-corrected chi connectivity index (χ1v) is 8.28. The van der Waals surface area contributed by atoms with E-state index in [-0.39, 0.29) is 0 Å². The van der Waals surface area contributed by atoms with Crippen molar-refractivity contribution in [3.63, 3.8) is 0 Å². The van der Waals surface area contributed by atoms with Crippen molar-refractivity contribution in [1.29, 1.82) is 0 Å². The second-order valence-corrected chi connectivity index (χ2v) is 6.64. The van der Waals surface area contributed by atoms with E-state index in [9.17, 15) is 0 Å². The molecule has 8 bridgehead atoms. The van der Waals surface area contributed by atoms with Crippen molar-refractivity contribution in [2.75, 3.05) is 26.6 Å². The maximum Gasteiger partial charge on any atom is 0.0927 e. The van der Waals surface area contributed by atoms with Crippen LogP contribution >= 0.6 is 0 Å². The highest BCUT2D eigenvalue weighted by Crippen LogP contribution is 2.19. The number of fused-ring (bicyclic) bond motifs is 7. The van der Waals surface area contributed by atoms with Crippen LogP contribution in [0.5, 0.6) is 0 Å². The lowest BCUT2D eigenvalue weighted by atomic mass is 10.3. The maximum absolute atomic E-state index is 4.73. The number of nitrogens with one attached hydrogen (secondary N) is 1. The predicted molar refractivity (Wildman–Crippen MR) is 94.2 cm³/mol. The lowest BCUT2D eigenvalue weighted by Crippen LogP contribution is -2.36. The third kappa shape index (κ3) is 2.60. The number of allylic oxidation sites excluding steroid dienone is 1. The van der Waals surface area contributed by atoms with Crippen LogP contribution < -0.4 is 0 Å². The number of nitrogens with zero attached hydrogens (tertiary/aromatic N) is 5. The number of hydrogen-bond acceptors (Lipinski definition) is 5. The van der Waals surface area contributed by atoms with Gasteiger partial charge in [0.15, 0.2) is 0 Å². The van der Waals surface area contributed by atoms with Gasteiger partial charge in [0.2, 0.25) is 0 Å². The van der Waals surface area contributed by atoms with E-state index < -0.39 is 0 Å². The van der Waals surface area contributed by atoms with Gasteiger partial charge in [0, 0.05) is 36.2 Å². The smallest absolute Gasteiger partial charge is 0.0927 e. The summed E-state index contributed by atoms with van der Waals surface area (Å²) in [6.07, 6.45) is 15.0. The average molecular weight is 320 g/mol. The number of aliphatic imine (C=N–C) groups is 1. The highest BCUT2D eigenvalue weighted by atomic mass is 15.4. The van der Waals surface area contributed by atoms with Crippen LogP contribution in [0.2, 0.25) is 0 Å². The number of rotatable bonds is 0. The van der Waals surface area contributed by atoms with Crippen molar-refractivity contribution in [1.82, 2.24) is 24.6 Å². The molecule has 122 valence electrons. The molecule has 24 heavy (non-hydrogen) atoms. The van der Waals surface area contributed by atoms with Gasteiger partial charge in [-0.25, -0.2) is 0 Å². The number of H-pyrrole nitrogens is 1. The SMILES string of the molecule is C1=CC2=NC1=Cc1ccc([nH]1)CN1C=CN(C1)CN1C=CN(C2)C1. The van der Waals surface area contributed by atoms with Gasteiger partial charge in [-0.2, -0.15) is 0 Å². The fourth-order valence-corrected chi connectivity index (χ4v) is 3.47. The van der Waals surface area contributed by atoms with Crippen LogP contribution in [0, 0.1) is 0 Å². The number of aromatic amines is 1. The number of hydrogen-bond donors (Lipinski definition) is 1. The molecule has 1 N–H and O–H groups in total. The van der Waals surface area contributed by atoms with Crippen LogP contribution in [0.25, 0.3) is 6.08 Å². The molecule has 5 heterocycles. The summed E-state index contributed by atoms with van der Waals surface area (Å²) in [6, 6.07) is 4.28. The summed E-state index contributed by atoms with van der Waals surface area (Å²) in [4.78, 5) is 17.5. The van der Waals surface area contributed by atoms with Crippen LogP contribution in [0.1, 0.15) is 11.4 Å². The molecule has 0 atom stereocenters.